The maximum atomic E-state index is 12.8. The van der Waals surface area contributed by atoms with Gasteiger partial charge in [-0.05, 0) is 24.3 Å². The molecule has 0 radical (unpaired) electrons. The molecule has 1 rings (SSSR count). The molecule has 0 saturated heterocycles. The van der Waals surface area contributed by atoms with Crippen LogP contribution in [0.25, 0.3) is 0 Å². The van der Waals surface area contributed by atoms with E-state index in [1.807, 2.05) is 0 Å². The Morgan fingerprint density at radius 3 is 2.05 bits per heavy atom. The van der Waals surface area contributed by atoms with Gasteiger partial charge in [-0.1, -0.05) is 0 Å². The molecule has 0 aliphatic rings. The van der Waals surface area contributed by atoms with E-state index < -0.39 is 24.2 Å². The lowest BCUT2D eigenvalue weighted by atomic mass is 10.3. The van der Waals surface area contributed by atoms with Crippen LogP contribution >= 0.6 is 0 Å². The van der Waals surface area contributed by atoms with Crippen LogP contribution in [0.15, 0.2) is 29.3 Å². The first kappa shape index (κ1) is 15.0. The monoisotopic (exact) mass is 285 g/mol. The predicted molar refractivity (Wildman–Crippen MR) is 50.7 cm³/mol. The normalized spacial score (nSPS) is 13.6. The lowest BCUT2D eigenvalue weighted by Crippen LogP contribution is -2.47. The fourth-order valence-electron chi connectivity index (χ4n) is 0.974. The van der Waals surface area contributed by atoms with Gasteiger partial charge in [-0.15, -0.1) is 0 Å². The third-order valence-electron chi connectivity index (χ3n) is 1.91. The summed E-state index contributed by atoms with van der Waals surface area (Å²) in [5, 5.41) is 0. The second-order valence-corrected chi connectivity index (χ2v) is 3.25. The molecule has 0 aliphatic carbocycles. The third-order valence-corrected chi connectivity index (χ3v) is 1.91. The number of alkyl halides is 6. The van der Waals surface area contributed by atoms with Crippen LogP contribution in [0.5, 0.6) is 5.75 Å². The van der Waals surface area contributed by atoms with Gasteiger partial charge in [0.05, 0.1) is 5.69 Å². The van der Waals surface area contributed by atoms with Crippen LogP contribution in [-0.4, -0.2) is 24.5 Å². The summed E-state index contributed by atoms with van der Waals surface area (Å²) in [5.74, 6) is -6.20. The number of aliphatic imine (C=N–C) groups is 1. The van der Waals surface area contributed by atoms with Gasteiger partial charge in [0.15, 0.2) is 0 Å². The maximum Gasteiger partial charge on any atom is 0.460 e. The smallest absolute Gasteiger partial charge is 0.454 e. The summed E-state index contributed by atoms with van der Waals surface area (Å²) in [6.45, 7) is 0. The van der Waals surface area contributed by atoms with Gasteiger partial charge >= 0.3 is 18.5 Å². The molecule has 1 aromatic carbocycles. The van der Waals surface area contributed by atoms with Crippen molar-refractivity contribution in [3.8, 4) is 5.75 Å². The number of hydrogen-bond acceptors (Lipinski definition) is 3. The highest BCUT2D eigenvalue weighted by atomic mass is 19.4. The largest absolute Gasteiger partial charge is 0.460 e. The van der Waals surface area contributed by atoms with Crippen molar-refractivity contribution in [2.45, 2.75) is 18.5 Å². The van der Waals surface area contributed by atoms with Gasteiger partial charge in [0.2, 0.25) is 6.08 Å². The number of halogens is 6. The van der Waals surface area contributed by atoms with E-state index >= 15 is 0 Å². The number of carbonyl (C=O) groups excluding carboxylic acids is 1. The van der Waals surface area contributed by atoms with Crippen molar-refractivity contribution in [1.82, 2.24) is 0 Å². The van der Waals surface area contributed by atoms with E-state index in [9.17, 15) is 31.1 Å². The van der Waals surface area contributed by atoms with E-state index in [2.05, 4.69) is 9.73 Å². The zero-order valence-electron chi connectivity index (χ0n) is 8.92. The number of nitrogens with zero attached hydrogens (tertiary/aromatic N) is 1. The first-order chi connectivity index (χ1) is 8.68. The van der Waals surface area contributed by atoms with Crippen LogP contribution in [0.3, 0.4) is 0 Å². The highest BCUT2D eigenvalue weighted by molar-refractivity contribution is 5.50. The molecule has 0 saturated carbocycles. The van der Waals surface area contributed by atoms with Crippen molar-refractivity contribution >= 4 is 11.8 Å². The van der Waals surface area contributed by atoms with Gasteiger partial charge in [-0.3, -0.25) is 0 Å². The summed E-state index contributed by atoms with van der Waals surface area (Å²) in [4.78, 5) is 13.0. The number of benzene rings is 1. The Morgan fingerprint density at radius 1 is 1.11 bits per heavy atom. The van der Waals surface area contributed by atoms with Crippen molar-refractivity contribution in [1.29, 1.82) is 0 Å². The number of ether oxygens (including phenoxy) is 1. The molecule has 0 aromatic heterocycles. The SMILES string of the molecule is O=C=Nc1ccc(OC(F)C(F)(F)C(F)(F)F)cc1. The molecular formula is C10H5F6NO2. The molecule has 0 N–H and O–H groups in total. The molecule has 1 atom stereocenters. The molecule has 0 amide bonds. The Bertz CT molecular complexity index is 478. The van der Waals surface area contributed by atoms with Crippen molar-refractivity contribution in [3.63, 3.8) is 0 Å². The van der Waals surface area contributed by atoms with E-state index in [0.29, 0.717) is 0 Å². The van der Waals surface area contributed by atoms with E-state index in [4.69, 9.17) is 0 Å². The molecular weight excluding hydrogens is 280 g/mol. The minimum Gasteiger partial charge on any atom is -0.454 e. The van der Waals surface area contributed by atoms with Gasteiger partial charge in [0.1, 0.15) is 5.75 Å². The molecule has 0 bridgehead atoms. The minimum absolute atomic E-state index is 0.0559. The number of rotatable bonds is 4. The van der Waals surface area contributed by atoms with Crippen molar-refractivity contribution in [2.75, 3.05) is 0 Å². The summed E-state index contributed by atoms with van der Waals surface area (Å²) in [5.41, 5.74) is 0.0559. The fraction of sp³-hybridized carbons (Fsp3) is 0.300. The zero-order valence-corrected chi connectivity index (χ0v) is 8.92. The molecule has 0 aliphatic heterocycles. The highest BCUT2D eigenvalue weighted by Gasteiger charge is 2.65. The van der Waals surface area contributed by atoms with Crippen LogP contribution in [-0.2, 0) is 4.79 Å². The zero-order chi connectivity index (χ0) is 14.7. The second kappa shape index (κ2) is 5.31. The van der Waals surface area contributed by atoms with Crippen molar-refractivity contribution < 1.29 is 35.9 Å². The summed E-state index contributed by atoms with van der Waals surface area (Å²) in [6, 6.07) is 3.88. The first-order valence-corrected chi connectivity index (χ1v) is 4.61. The van der Waals surface area contributed by atoms with E-state index in [1.54, 1.807) is 0 Å². The third kappa shape index (κ3) is 3.47. The molecule has 3 nitrogen and oxygen atoms in total. The molecule has 9 heteroatoms. The molecule has 0 heterocycles. The predicted octanol–water partition coefficient (Wildman–Crippen LogP) is 3.53. The number of hydrogen-bond donors (Lipinski definition) is 0. The lowest BCUT2D eigenvalue weighted by Gasteiger charge is -2.23. The molecule has 19 heavy (non-hydrogen) atoms. The van der Waals surface area contributed by atoms with Crippen LogP contribution in [0.4, 0.5) is 32.0 Å². The summed E-state index contributed by atoms with van der Waals surface area (Å²) in [7, 11) is 0. The Morgan fingerprint density at radius 2 is 1.63 bits per heavy atom. The molecule has 104 valence electrons. The van der Waals surface area contributed by atoms with Gasteiger partial charge in [-0.25, -0.2) is 4.79 Å². The van der Waals surface area contributed by atoms with E-state index in [-0.39, 0.29) is 5.69 Å². The minimum atomic E-state index is -6.06. The Hall–Kier alpha value is -2.02. The number of isocyanates is 1. The Labute approximate surface area is 102 Å². The molecule has 0 spiro atoms. The second-order valence-electron chi connectivity index (χ2n) is 3.25. The Balaban J connectivity index is 2.82. The fourth-order valence-corrected chi connectivity index (χ4v) is 0.974. The molecule has 1 aromatic rings. The van der Waals surface area contributed by atoms with Crippen molar-refractivity contribution in [2.24, 2.45) is 4.99 Å². The Kier molecular flexibility index (Phi) is 4.21. The maximum absolute atomic E-state index is 12.8. The van der Waals surface area contributed by atoms with E-state index in [0.717, 1.165) is 24.3 Å². The van der Waals surface area contributed by atoms with Crippen LogP contribution in [0.1, 0.15) is 0 Å². The lowest BCUT2D eigenvalue weighted by molar-refractivity contribution is -0.328. The van der Waals surface area contributed by atoms with Crippen molar-refractivity contribution in [3.05, 3.63) is 24.3 Å². The van der Waals surface area contributed by atoms with E-state index in [1.165, 1.54) is 6.08 Å². The highest BCUT2D eigenvalue weighted by Crippen LogP contribution is 2.40. The van der Waals surface area contributed by atoms with Gasteiger partial charge in [0, 0.05) is 0 Å². The average molecular weight is 285 g/mol. The van der Waals surface area contributed by atoms with Gasteiger partial charge < -0.3 is 4.74 Å². The molecule has 0 fully saturated rings. The summed E-state index contributed by atoms with van der Waals surface area (Å²) < 4.78 is 77.2. The standard InChI is InChI=1S/C10H5F6NO2/c11-8(9(12,13)10(14,15)16)19-7-3-1-6(2-4-7)17-5-18/h1-4,8H. The van der Waals surface area contributed by atoms with Crippen LogP contribution in [0, 0.1) is 0 Å². The first-order valence-electron chi connectivity index (χ1n) is 4.61. The average Bonchev–Trinajstić information content (AvgIpc) is 2.30. The summed E-state index contributed by atoms with van der Waals surface area (Å²) >= 11 is 0. The van der Waals surface area contributed by atoms with Crippen LogP contribution in [0.2, 0.25) is 0 Å². The summed E-state index contributed by atoms with van der Waals surface area (Å²) in [6.07, 6.45) is -8.76. The van der Waals surface area contributed by atoms with Gasteiger partial charge in [0.25, 0.3) is 0 Å². The molecule has 1 unspecified atom stereocenters. The quantitative estimate of drug-likeness (QED) is 0.482. The van der Waals surface area contributed by atoms with Gasteiger partial charge in [-0.2, -0.15) is 31.3 Å². The van der Waals surface area contributed by atoms with Crippen LogP contribution < -0.4 is 4.74 Å². The topological polar surface area (TPSA) is 38.7 Å².